The maximum atomic E-state index is 13.7. The van der Waals surface area contributed by atoms with Crippen molar-refractivity contribution in [3.8, 4) is 17.2 Å². The number of ether oxygens (including phenoxy) is 3. The lowest BCUT2D eigenvalue weighted by Gasteiger charge is -2.17. The largest absolute Gasteiger partial charge is 0.497 e. The summed E-state index contributed by atoms with van der Waals surface area (Å²) in [4.78, 5) is 28.3. The van der Waals surface area contributed by atoms with E-state index < -0.39 is 11.8 Å². The van der Waals surface area contributed by atoms with Gasteiger partial charge in [-0.25, -0.2) is 4.90 Å². The van der Waals surface area contributed by atoms with E-state index in [2.05, 4.69) is 5.32 Å². The third kappa shape index (κ3) is 3.99. The number of hydrogen-bond acceptors (Lipinski definition) is 6. The molecule has 33 heavy (non-hydrogen) atoms. The van der Waals surface area contributed by atoms with Gasteiger partial charge in [0.05, 0.1) is 43.3 Å². The molecule has 1 aliphatic rings. The van der Waals surface area contributed by atoms with E-state index in [1.165, 1.54) is 21.3 Å². The summed E-state index contributed by atoms with van der Waals surface area (Å²) in [7, 11) is 4.55. The first-order chi connectivity index (χ1) is 16.0. The van der Waals surface area contributed by atoms with Gasteiger partial charge >= 0.3 is 0 Å². The van der Waals surface area contributed by atoms with Crippen molar-refractivity contribution >= 4 is 40.4 Å². The molecular weight excluding hydrogens is 444 g/mol. The highest BCUT2D eigenvalue weighted by Crippen LogP contribution is 2.40. The summed E-state index contributed by atoms with van der Waals surface area (Å²) in [6, 6.07) is 18.8. The quantitative estimate of drug-likeness (QED) is 0.508. The summed E-state index contributed by atoms with van der Waals surface area (Å²) >= 11 is 6.34. The molecule has 1 N–H and O–H groups in total. The molecule has 0 aromatic heterocycles. The van der Waals surface area contributed by atoms with Crippen molar-refractivity contribution in [1.29, 1.82) is 0 Å². The molecule has 0 fully saturated rings. The molecule has 7 nitrogen and oxygen atoms in total. The zero-order valence-electron chi connectivity index (χ0n) is 18.2. The Morgan fingerprint density at radius 1 is 0.788 bits per heavy atom. The SMILES string of the molecule is COc1ccc(OC)c(NC2=C(c3ccccc3OC)C(=O)N(c3ccccc3Cl)C2=O)c1. The third-order valence-electron chi connectivity index (χ3n) is 5.22. The second-order valence-electron chi connectivity index (χ2n) is 7.04. The number of rotatable bonds is 7. The smallest absolute Gasteiger partial charge is 0.282 e. The van der Waals surface area contributed by atoms with Gasteiger partial charge in [0.15, 0.2) is 0 Å². The molecule has 0 spiro atoms. The molecule has 1 aliphatic heterocycles. The van der Waals surface area contributed by atoms with Crippen molar-refractivity contribution in [2.24, 2.45) is 0 Å². The van der Waals surface area contributed by atoms with Gasteiger partial charge in [0, 0.05) is 11.6 Å². The molecule has 0 saturated carbocycles. The minimum absolute atomic E-state index is 0.0657. The average molecular weight is 465 g/mol. The molecule has 0 atom stereocenters. The van der Waals surface area contributed by atoms with Crippen LogP contribution in [0.25, 0.3) is 5.57 Å². The molecule has 0 saturated heterocycles. The molecule has 3 aromatic rings. The summed E-state index contributed by atoms with van der Waals surface area (Å²) in [5, 5.41) is 3.37. The molecule has 3 aromatic carbocycles. The lowest BCUT2D eigenvalue weighted by atomic mass is 10.0. The van der Waals surface area contributed by atoms with Crippen molar-refractivity contribution in [2.45, 2.75) is 0 Å². The van der Waals surface area contributed by atoms with Crippen LogP contribution in [0.1, 0.15) is 5.56 Å². The van der Waals surface area contributed by atoms with Crippen molar-refractivity contribution in [3.63, 3.8) is 0 Å². The molecule has 4 rings (SSSR count). The Balaban J connectivity index is 1.91. The van der Waals surface area contributed by atoms with E-state index in [9.17, 15) is 9.59 Å². The van der Waals surface area contributed by atoms with Crippen molar-refractivity contribution in [1.82, 2.24) is 0 Å². The number of benzene rings is 3. The van der Waals surface area contributed by atoms with E-state index in [-0.39, 0.29) is 22.0 Å². The molecule has 168 valence electrons. The maximum absolute atomic E-state index is 13.7. The van der Waals surface area contributed by atoms with Crippen LogP contribution in [-0.2, 0) is 9.59 Å². The van der Waals surface area contributed by atoms with Crippen LogP contribution in [0.3, 0.4) is 0 Å². The van der Waals surface area contributed by atoms with Gasteiger partial charge in [0.25, 0.3) is 11.8 Å². The van der Waals surface area contributed by atoms with Crippen LogP contribution in [0.2, 0.25) is 5.02 Å². The predicted octanol–water partition coefficient (Wildman–Crippen LogP) is 4.76. The lowest BCUT2D eigenvalue weighted by Crippen LogP contribution is -2.32. The Morgan fingerprint density at radius 2 is 1.48 bits per heavy atom. The van der Waals surface area contributed by atoms with Gasteiger partial charge in [-0.3, -0.25) is 9.59 Å². The molecule has 0 unspecified atom stereocenters. The summed E-state index contributed by atoms with van der Waals surface area (Å²) < 4.78 is 16.2. The van der Waals surface area contributed by atoms with Gasteiger partial charge in [-0.2, -0.15) is 0 Å². The predicted molar refractivity (Wildman–Crippen MR) is 127 cm³/mol. The minimum atomic E-state index is -0.557. The van der Waals surface area contributed by atoms with Crippen LogP contribution in [0.15, 0.2) is 72.4 Å². The Hall–Kier alpha value is -3.97. The standard InChI is InChI=1S/C25H21ClN2O5/c1-31-15-12-13-21(33-3)18(14-15)27-23-22(16-8-4-7-11-20(16)32-2)24(29)28(25(23)30)19-10-6-5-9-17(19)26/h4-14,27H,1-3H3. The highest BCUT2D eigenvalue weighted by atomic mass is 35.5. The fourth-order valence-electron chi connectivity index (χ4n) is 3.65. The number of halogens is 1. The number of hydrogen-bond donors (Lipinski definition) is 1. The van der Waals surface area contributed by atoms with Gasteiger partial charge in [0.1, 0.15) is 22.9 Å². The zero-order valence-corrected chi connectivity index (χ0v) is 19.0. The highest BCUT2D eigenvalue weighted by molar-refractivity contribution is 6.48. The first kappa shape index (κ1) is 22.2. The van der Waals surface area contributed by atoms with Crippen LogP contribution < -0.4 is 24.4 Å². The summed E-state index contributed by atoms with van der Waals surface area (Å²) in [6.45, 7) is 0. The molecule has 8 heteroatoms. The van der Waals surface area contributed by atoms with E-state index in [0.29, 0.717) is 28.5 Å². The van der Waals surface area contributed by atoms with Gasteiger partial charge in [-0.15, -0.1) is 0 Å². The van der Waals surface area contributed by atoms with E-state index >= 15 is 0 Å². The Kier molecular flexibility index (Phi) is 6.24. The number of amides is 2. The van der Waals surface area contributed by atoms with E-state index in [0.717, 1.165) is 4.90 Å². The van der Waals surface area contributed by atoms with Crippen LogP contribution in [0.4, 0.5) is 11.4 Å². The number of para-hydroxylation sites is 2. The summed E-state index contributed by atoms with van der Waals surface area (Å²) in [5.41, 5.74) is 1.44. The first-order valence-electron chi connectivity index (χ1n) is 10.00. The topological polar surface area (TPSA) is 77.1 Å². The average Bonchev–Trinajstić information content (AvgIpc) is 3.08. The summed E-state index contributed by atoms with van der Waals surface area (Å²) in [6.07, 6.45) is 0. The number of carbonyl (C=O) groups excluding carboxylic acids is 2. The van der Waals surface area contributed by atoms with Crippen molar-refractivity contribution < 1.29 is 23.8 Å². The molecule has 2 amide bonds. The van der Waals surface area contributed by atoms with Crippen LogP contribution >= 0.6 is 11.6 Å². The number of imide groups is 1. The fraction of sp³-hybridized carbons (Fsp3) is 0.120. The first-order valence-corrected chi connectivity index (χ1v) is 10.4. The number of nitrogens with zero attached hydrogens (tertiary/aromatic N) is 1. The lowest BCUT2D eigenvalue weighted by molar-refractivity contribution is -0.120. The molecule has 1 heterocycles. The van der Waals surface area contributed by atoms with Crippen molar-refractivity contribution in [2.75, 3.05) is 31.5 Å². The normalized spacial score (nSPS) is 13.4. The van der Waals surface area contributed by atoms with E-state index in [4.69, 9.17) is 25.8 Å². The monoisotopic (exact) mass is 464 g/mol. The number of carbonyl (C=O) groups is 2. The third-order valence-corrected chi connectivity index (χ3v) is 5.54. The van der Waals surface area contributed by atoms with Crippen LogP contribution in [0.5, 0.6) is 17.2 Å². The van der Waals surface area contributed by atoms with Crippen molar-refractivity contribution in [3.05, 3.63) is 83.0 Å². The molecule has 0 bridgehead atoms. The van der Waals surface area contributed by atoms with Gasteiger partial charge in [-0.1, -0.05) is 41.9 Å². The number of nitrogens with one attached hydrogen (secondary N) is 1. The summed E-state index contributed by atoms with van der Waals surface area (Å²) in [5.74, 6) is 0.393. The molecular formula is C25H21ClN2O5. The van der Waals surface area contributed by atoms with Gasteiger partial charge in [0.2, 0.25) is 0 Å². The maximum Gasteiger partial charge on any atom is 0.282 e. The Labute approximate surface area is 196 Å². The molecule has 0 aliphatic carbocycles. The van der Waals surface area contributed by atoms with Crippen LogP contribution in [0, 0.1) is 0 Å². The number of anilines is 2. The Bertz CT molecular complexity index is 1270. The van der Waals surface area contributed by atoms with Crippen LogP contribution in [-0.4, -0.2) is 33.1 Å². The van der Waals surface area contributed by atoms with Gasteiger partial charge < -0.3 is 19.5 Å². The molecule has 0 radical (unpaired) electrons. The Morgan fingerprint density at radius 3 is 2.18 bits per heavy atom. The highest BCUT2D eigenvalue weighted by Gasteiger charge is 2.42. The number of methoxy groups -OCH3 is 3. The van der Waals surface area contributed by atoms with Gasteiger partial charge in [-0.05, 0) is 30.3 Å². The second kappa shape index (κ2) is 9.26. The second-order valence-corrected chi connectivity index (χ2v) is 7.45. The zero-order chi connectivity index (χ0) is 23.5. The fourth-order valence-corrected chi connectivity index (χ4v) is 3.87. The van der Waals surface area contributed by atoms with E-state index in [1.54, 1.807) is 66.7 Å². The van der Waals surface area contributed by atoms with E-state index in [1.807, 2.05) is 0 Å². The minimum Gasteiger partial charge on any atom is -0.497 e.